The highest BCUT2D eigenvalue weighted by molar-refractivity contribution is 7.89. The summed E-state index contributed by atoms with van der Waals surface area (Å²) in [5.74, 6) is 0.541. The van der Waals surface area contributed by atoms with Gasteiger partial charge in [-0.1, -0.05) is 6.92 Å². The second-order valence-corrected chi connectivity index (χ2v) is 6.73. The molecule has 1 N–H and O–H groups in total. The first-order chi connectivity index (χ1) is 8.25. The third-order valence-electron chi connectivity index (χ3n) is 3.36. The minimum absolute atomic E-state index is 0.255. The SMILES string of the molecule is CCC(C)(C)N(C)S(=O)(=O)c1ccnc(NC)c1. The lowest BCUT2D eigenvalue weighted by molar-refractivity contribution is 0.257. The molecule has 1 aromatic rings. The molecule has 1 rings (SSSR count). The quantitative estimate of drug-likeness (QED) is 0.889. The minimum atomic E-state index is -3.49. The molecule has 0 radical (unpaired) electrons. The molecule has 6 heteroatoms. The van der Waals surface area contributed by atoms with Crippen molar-refractivity contribution in [3.63, 3.8) is 0 Å². The number of hydrogen-bond acceptors (Lipinski definition) is 4. The third-order valence-corrected chi connectivity index (χ3v) is 5.43. The summed E-state index contributed by atoms with van der Waals surface area (Å²) in [5, 5.41) is 2.84. The summed E-state index contributed by atoms with van der Waals surface area (Å²) in [6.07, 6.45) is 2.23. The van der Waals surface area contributed by atoms with E-state index < -0.39 is 15.6 Å². The summed E-state index contributed by atoms with van der Waals surface area (Å²) in [5.41, 5.74) is -0.415. The molecule has 5 nitrogen and oxygen atoms in total. The van der Waals surface area contributed by atoms with Crippen LogP contribution in [0.15, 0.2) is 23.2 Å². The molecule has 1 heterocycles. The Labute approximate surface area is 109 Å². The van der Waals surface area contributed by atoms with Crippen LogP contribution in [0.1, 0.15) is 27.2 Å². The van der Waals surface area contributed by atoms with E-state index in [1.807, 2.05) is 20.8 Å². The zero-order valence-electron chi connectivity index (χ0n) is 11.6. The predicted octanol–water partition coefficient (Wildman–Crippen LogP) is 1.93. The van der Waals surface area contributed by atoms with Crippen molar-refractivity contribution in [1.29, 1.82) is 0 Å². The van der Waals surface area contributed by atoms with Crippen LogP contribution in [0.2, 0.25) is 0 Å². The summed E-state index contributed by atoms with van der Waals surface area (Å²) in [4.78, 5) is 4.27. The van der Waals surface area contributed by atoms with Gasteiger partial charge in [0.1, 0.15) is 5.82 Å². The first-order valence-electron chi connectivity index (χ1n) is 5.88. The molecule has 0 amide bonds. The smallest absolute Gasteiger partial charge is 0.243 e. The van der Waals surface area contributed by atoms with Gasteiger partial charge in [-0.3, -0.25) is 0 Å². The predicted molar refractivity (Wildman–Crippen MR) is 73.1 cm³/mol. The maximum atomic E-state index is 12.5. The molecule has 0 aliphatic heterocycles. The second-order valence-electron chi connectivity index (χ2n) is 4.77. The third kappa shape index (κ3) is 2.81. The number of sulfonamides is 1. The summed E-state index contributed by atoms with van der Waals surface area (Å²) in [6, 6.07) is 3.05. The van der Waals surface area contributed by atoms with Gasteiger partial charge in [-0.05, 0) is 26.3 Å². The van der Waals surface area contributed by atoms with Crippen molar-refractivity contribution in [1.82, 2.24) is 9.29 Å². The standard InChI is InChI=1S/C12H21N3O2S/c1-6-12(2,3)15(5)18(16,17)10-7-8-14-11(9-10)13-4/h7-9H,6H2,1-5H3,(H,13,14). The van der Waals surface area contributed by atoms with E-state index in [4.69, 9.17) is 0 Å². The van der Waals surface area contributed by atoms with Crippen molar-refractivity contribution >= 4 is 15.8 Å². The largest absolute Gasteiger partial charge is 0.373 e. The molecule has 1 aromatic heterocycles. The van der Waals surface area contributed by atoms with Crippen LogP contribution in [0.25, 0.3) is 0 Å². The van der Waals surface area contributed by atoms with E-state index in [-0.39, 0.29) is 4.90 Å². The lowest BCUT2D eigenvalue weighted by Crippen LogP contribution is -2.44. The molecular weight excluding hydrogens is 250 g/mol. The number of anilines is 1. The van der Waals surface area contributed by atoms with Crippen molar-refractivity contribution in [2.24, 2.45) is 0 Å². The van der Waals surface area contributed by atoms with Gasteiger partial charge in [0.15, 0.2) is 0 Å². The fourth-order valence-electron chi connectivity index (χ4n) is 1.41. The van der Waals surface area contributed by atoms with Gasteiger partial charge in [0.2, 0.25) is 10.0 Å². The van der Waals surface area contributed by atoms with Crippen LogP contribution in [-0.2, 0) is 10.0 Å². The van der Waals surface area contributed by atoms with E-state index in [0.717, 1.165) is 6.42 Å². The summed E-state index contributed by atoms with van der Waals surface area (Å²) in [6.45, 7) is 5.78. The molecule has 0 atom stereocenters. The molecule has 0 fully saturated rings. The molecule has 0 unspecified atom stereocenters. The van der Waals surface area contributed by atoms with Crippen LogP contribution >= 0.6 is 0 Å². The Morgan fingerprint density at radius 2 is 2.06 bits per heavy atom. The maximum Gasteiger partial charge on any atom is 0.243 e. The van der Waals surface area contributed by atoms with Gasteiger partial charge in [0.05, 0.1) is 4.90 Å². The van der Waals surface area contributed by atoms with Gasteiger partial charge in [-0.25, -0.2) is 13.4 Å². The molecule has 0 aliphatic carbocycles. The fourth-order valence-corrected chi connectivity index (χ4v) is 3.00. The number of nitrogens with one attached hydrogen (secondary N) is 1. The Kier molecular flexibility index (Phi) is 4.34. The molecule has 0 aromatic carbocycles. The number of hydrogen-bond donors (Lipinski definition) is 1. The summed E-state index contributed by atoms with van der Waals surface area (Å²) >= 11 is 0. The van der Waals surface area contributed by atoms with Crippen LogP contribution in [-0.4, -0.2) is 37.3 Å². The normalized spacial score (nSPS) is 12.8. The highest BCUT2D eigenvalue weighted by Crippen LogP contribution is 2.25. The van der Waals surface area contributed by atoms with Gasteiger partial charge in [0, 0.05) is 31.9 Å². The van der Waals surface area contributed by atoms with E-state index in [2.05, 4.69) is 10.3 Å². The maximum absolute atomic E-state index is 12.5. The molecular formula is C12H21N3O2S. The van der Waals surface area contributed by atoms with E-state index in [9.17, 15) is 8.42 Å². The van der Waals surface area contributed by atoms with Gasteiger partial charge in [-0.15, -0.1) is 0 Å². The highest BCUT2D eigenvalue weighted by atomic mass is 32.2. The Balaban J connectivity index is 3.21. The van der Waals surface area contributed by atoms with Crippen molar-refractivity contribution in [3.05, 3.63) is 18.3 Å². The van der Waals surface area contributed by atoms with Crippen molar-refractivity contribution in [3.8, 4) is 0 Å². The molecule has 0 bridgehead atoms. The van der Waals surface area contributed by atoms with Gasteiger partial charge < -0.3 is 5.32 Å². The Morgan fingerprint density at radius 3 is 2.56 bits per heavy atom. The van der Waals surface area contributed by atoms with Gasteiger partial charge >= 0.3 is 0 Å². The van der Waals surface area contributed by atoms with E-state index in [1.165, 1.54) is 22.6 Å². The van der Waals surface area contributed by atoms with Crippen molar-refractivity contribution in [2.45, 2.75) is 37.6 Å². The van der Waals surface area contributed by atoms with E-state index in [1.54, 1.807) is 14.1 Å². The Bertz CT molecular complexity index is 512. The topological polar surface area (TPSA) is 62.3 Å². The number of nitrogens with zero attached hydrogens (tertiary/aromatic N) is 2. The number of aromatic nitrogens is 1. The van der Waals surface area contributed by atoms with Crippen LogP contribution in [0.4, 0.5) is 5.82 Å². The zero-order valence-corrected chi connectivity index (χ0v) is 12.4. The fraction of sp³-hybridized carbons (Fsp3) is 0.583. The highest BCUT2D eigenvalue weighted by Gasteiger charge is 2.32. The number of pyridine rings is 1. The second kappa shape index (κ2) is 5.24. The van der Waals surface area contributed by atoms with Crippen LogP contribution in [0, 0.1) is 0 Å². The van der Waals surface area contributed by atoms with Crippen LogP contribution < -0.4 is 5.32 Å². The molecule has 0 saturated heterocycles. The van der Waals surface area contributed by atoms with Crippen molar-refractivity contribution in [2.75, 3.05) is 19.4 Å². The molecule has 18 heavy (non-hydrogen) atoms. The molecule has 102 valence electrons. The van der Waals surface area contributed by atoms with Crippen LogP contribution in [0.5, 0.6) is 0 Å². The average molecular weight is 271 g/mol. The average Bonchev–Trinajstić information content (AvgIpc) is 2.37. The first kappa shape index (κ1) is 14.9. The van der Waals surface area contributed by atoms with Crippen LogP contribution in [0.3, 0.4) is 0 Å². The lowest BCUT2D eigenvalue weighted by Gasteiger charge is -2.33. The van der Waals surface area contributed by atoms with E-state index >= 15 is 0 Å². The van der Waals surface area contributed by atoms with Gasteiger partial charge in [0.25, 0.3) is 0 Å². The number of rotatable bonds is 5. The zero-order chi connectivity index (χ0) is 14.0. The molecule has 0 saturated carbocycles. The molecule has 0 spiro atoms. The van der Waals surface area contributed by atoms with Gasteiger partial charge in [-0.2, -0.15) is 4.31 Å². The van der Waals surface area contributed by atoms with Crippen molar-refractivity contribution < 1.29 is 8.42 Å². The lowest BCUT2D eigenvalue weighted by atomic mass is 10.0. The monoisotopic (exact) mass is 271 g/mol. The Hall–Kier alpha value is -1.14. The first-order valence-corrected chi connectivity index (χ1v) is 7.32. The summed E-state index contributed by atoms with van der Waals surface area (Å²) in [7, 11) is -0.172. The minimum Gasteiger partial charge on any atom is -0.373 e. The Morgan fingerprint density at radius 1 is 1.44 bits per heavy atom. The van der Waals surface area contributed by atoms with E-state index in [0.29, 0.717) is 5.82 Å². The summed E-state index contributed by atoms with van der Waals surface area (Å²) < 4.78 is 26.4. The molecule has 0 aliphatic rings.